The number of imide groups is 1. The molecule has 2 atom stereocenters. The van der Waals surface area contributed by atoms with E-state index in [9.17, 15) is 9.59 Å². The minimum absolute atomic E-state index is 0.141. The minimum atomic E-state index is -0.541. The van der Waals surface area contributed by atoms with E-state index in [0.717, 1.165) is 16.7 Å². The van der Waals surface area contributed by atoms with Crippen LogP contribution in [0.5, 0.6) is 0 Å². The standard InChI is InChI=1S/C19H20N2O4/c22-10-3-1-2-5-13-6-4-7-15-14(13)11-21(19(15)12-25-19)16-8-9-17(23)20-18(16)24/h4,6-7,16,22H,1,3,8-12H2,(H,20,23,24). The van der Waals surface area contributed by atoms with Crippen molar-refractivity contribution in [2.45, 2.75) is 44.0 Å². The van der Waals surface area contributed by atoms with E-state index < -0.39 is 5.72 Å². The van der Waals surface area contributed by atoms with E-state index in [2.05, 4.69) is 22.1 Å². The number of carbonyl (C=O) groups is 2. The molecule has 0 saturated carbocycles. The van der Waals surface area contributed by atoms with Crippen LogP contribution in [-0.2, 0) is 26.6 Å². The number of carbonyl (C=O) groups excluding carboxylic acids is 2. The molecule has 2 amide bonds. The third kappa shape index (κ3) is 2.74. The lowest BCUT2D eigenvalue weighted by Gasteiger charge is -2.32. The first-order valence-corrected chi connectivity index (χ1v) is 8.62. The minimum Gasteiger partial charge on any atom is -0.396 e. The smallest absolute Gasteiger partial charge is 0.244 e. The van der Waals surface area contributed by atoms with Crippen LogP contribution in [0.25, 0.3) is 0 Å². The number of fused-ring (bicyclic) bond motifs is 2. The van der Waals surface area contributed by atoms with Crippen molar-refractivity contribution in [3.05, 3.63) is 34.9 Å². The maximum Gasteiger partial charge on any atom is 0.244 e. The second-order valence-corrected chi connectivity index (χ2v) is 6.63. The Morgan fingerprint density at radius 3 is 2.96 bits per heavy atom. The van der Waals surface area contributed by atoms with Crippen molar-refractivity contribution in [3.8, 4) is 11.8 Å². The molecule has 130 valence electrons. The summed E-state index contributed by atoms with van der Waals surface area (Å²) in [5.74, 6) is 5.83. The lowest BCUT2D eigenvalue weighted by molar-refractivity contribution is -0.140. The van der Waals surface area contributed by atoms with Crippen molar-refractivity contribution >= 4 is 11.8 Å². The topological polar surface area (TPSA) is 82.2 Å². The lowest BCUT2D eigenvalue weighted by Crippen LogP contribution is -2.53. The van der Waals surface area contributed by atoms with Crippen LogP contribution in [0, 0.1) is 11.8 Å². The van der Waals surface area contributed by atoms with Crippen LogP contribution in [0.1, 0.15) is 42.4 Å². The third-order valence-corrected chi connectivity index (χ3v) is 5.08. The quantitative estimate of drug-likeness (QED) is 0.365. The zero-order chi connectivity index (χ0) is 17.4. The number of aliphatic hydroxyl groups excluding tert-OH is 1. The summed E-state index contributed by atoms with van der Waals surface area (Å²) in [5, 5.41) is 11.3. The maximum atomic E-state index is 12.3. The van der Waals surface area contributed by atoms with Gasteiger partial charge in [0.05, 0.1) is 12.6 Å². The van der Waals surface area contributed by atoms with Crippen LogP contribution in [-0.4, -0.2) is 41.1 Å². The Morgan fingerprint density at radius 2 is 2.24 bits per heavy atom. The Morgan fingerprint density at radius 1 is 1.40 bits per heavy atom. The zero-order valence-electron chi connectivity index (χ0n) is 13.9. The summed E-state index contributed by atoms with van der Waals surface area (Å²) in [6.07, 6.45) is 2.19. The summed E-state index contributed by atoms with van der Waals surface area (Å²) < 4.78 is 5.80. The number of amides is 2. The molecule has 1 aromatic rings. The zero-order valence-corrected chi connectivity index (χ0v) is 13.9. The number of nitrogens with one attached hydrogen (secondary N) is 1. The monoisotopic (exact) mass is 340 g/mol. The molecule has 3 aliphatic heterocycles. The SMILES string of the molecule is O=C1CCC(N2Cc3c(C#CCCCO)cccc3C23CO3)C(=O)N1. The summed E-state index contributed by atoms with van der Waals surface area (Å²) in [4.78, 5) is 25.8. The van der Waals surface area contributed by atoms with E-state index in [4.69, 9.17) is 9.84 Å². The van der Waals surface area contributed by atoms with Gasteiger partial charge < -0.3 is 9.84 Å². The van der Waals surface area contributed by atoms with E-state index in [-0.39, 0.29) is 24.5 Å². The first kappa shape index (κ1) is 16.3. The number of ether oxygens (including phenoxy) is 1. The molecule has 2 unspecified atom stereocenters. The largest absolute Gasteiger partial charge is 0.396 e. The summed E-state index contributed by atoms with van der Waals surface area (Å²) in [6, 6.07) is 5.62. The van der Waals surface area contributed by atoms with Gasteiger partial charge in [-0.3, -0.25) is 19.8 Å². The van der Waals surface area contributed by atoms with Gasteiger partial charge in [-0.05, 0) is 24.5 Å². The number of epoxide rings is 1. The van der Waals surface area contributed by atoms with E-state index in [1.807, 2.05) is 18.2 Å². The predicted octanol–water partition coefficient (Wildman–Crippen LogP) is 0.614. The number of benzene rings is 1. The van der Waals surface area contributed by atoms with Gasteiger partial charge in [0.25, 0.3) is 0 Å². The van der Waals surface area contributed by atoms with Gasteiger partial charge >= 0.3 is 0 Å². The van der Waals surface area contributed by atoms with Crippen molar-refractivity contribution in [2.24, 2.45) is 0 Å². The number of nitrogens with zero attached hydrogens (tertiary/aromatic N) is 1. The van der Waals surface area contributed by atoms with Crippen LogP contribution in [0.3, 0.4) is 0 Å². The van der Waals surface area contributed by atoms with Crippen molar-refractivity contribution in [1.29, 1.82) is 0 Å². The van der Waals surface area contributed by atoms with Crippen molar-refractivity contribution in [2.75, 3.05) is 13.2 Å². The average molecular weight is 340 g/mol. The fraction of sp³-hybridized carbons (Fsp3) is 0.474. The van der Waals surface area contributed by atoms with Crippen LogP contribution < -0.4 is 5.32 Å². The second kappa shape index (κ2) is 6.26. The molecule has 3 aliphatic rings. The van der Waals surface area contributed by atoms with Crippen LogP contribution >= 0.6 is 0 Å². The number of aliphatic hydroxyl groups is 1. The molecule has 25 heavy (non-hydrogen) atoms. The van der Waals surface area contributed by atoms with Crippen molar-refractivity contribution in [1.82, 2.24) is 10.2 Å². The van der Waals surface area contributed by atoms with E-state index in [1.165, 1.54) is 0 Å². The Kier molecular flexibility index (Phi) is 4.08. The Bertz CT molecular complexity index is 788. The molecular formula is C19H20N2O4. The first-order chi connectivity index (χ1) is 12.2. The number of rotatable bonds is 3. The fourth-order valence-electron chi connectivity index (χ4n) is 3.75. The van der Waals surface area contributed by atoms with E-state index in [1.54, 1.807) is 0 Å². The van der Waals surface area contributed by atoms with Gasteiger partial charge in [-0.1, -0.05) is 24.0 Å². The molecule has 1 spiro atoms. The van der Waals surface area contributed by atoms with Crippen molar-refractivity contribution < 1.29 is 19.4 Å². The van der Waals surface area contributed by atoms with Crippen molar-refractivity contribution in [3.63, 3.8) is 0 Å². The summed E-state index contributed by atoms with van der Waals surface area (Å²) in [5.41, 5.74) is 2.58. The van der Waals surface area contributed by atoms with Gasteiger partial charge in [0, 0.05) is 37.1 Å². The third-order valence-electron chi connectivity index (χ3n) is 5.08. The average Bonchev–Trinajstić information content (AvgIpc) is 3.32. The van der Waals surface area contributed by atoms with Gasteiger partial charge in [-0.25, -0.2) is 0 Å². The highest BCUT2D eigenvalue weighted by Gasteiger charge is 2.60. The predicted molar refractivity (Wildman–Crippen MR) is 89.0 cm³/mol. The lowest BCUT2D eigenvalue weighted by atomic mass is 9.99. The Labute approximate surface area is 146 Å². The molecule has 0 aliphatic carbocycles. The number of piperidine rings is 1. The van der Waals surface area contributed by atoms with E-state index >= 15 is 0 Å². The molecular weight excluding hydrogens is 320 g/mol. The maximum absolute atomic E-state index is 12.3. The highest BCUT2D eigenvalue weighted by molar-refractivity contribution is 6.00. The first-order valence-electron chi connectivity index (χ1n) is 8.62. The molecule has 0 aromatic heterocycles. The van der Waals surface area contributed by atoms with Gasteiger partial charge in [0.1, 0.15) is 0 Å². The molecule has 6 nitrogen and oxygen atoms in total. The molecule has 3 heterocycles. The molecule has 0 bridgehead atoms. The number of hydrogen-bond acceptors (Lipinski definition) is 5. The van der Waals surface area contributed by atoms with E-state index in [0.29, 0.717) is 38.8 Å². The summed E-state index contributed by atoms with van der Waals surface area (Å²) >= 11 is 0. The molecule has 2 N–H and O–H groups in total. The second-order valence-electron chi connectivity index (χ2n) is 6.63. The molecule has 2 fully saturated rings. The summed E-state index contributed by atoms with van der Waals surface area (Å²) in [6.45, 7) is 1.29. The van der Waals surface area contributed by atoms with Gasteiger partial charge in [0.15, 0.2) is 5.72 Å². The van der Waals surface area contributed by atoms with Gasteiger partial charge in [-0.2, -0.15) is 0 Å². The molecule has 1 aromatic carbocycles. The molecule has 4 rings (SSSR count). The van der Waals surface area contributed by atoms with Crippen LogP contribution in [0.4, 0.5) is 0 Å². The van der Waals surface area contributed by atoms with Crippen LogP contribution in [0.2, 0.25) is 0 Å². The normalized spacial score (nSPS) is 27.6. The highest BCUT2D eigenvalue weighted by atomic mass is 16.6. The van der Waals surface area contributed by atoms with Gasteiger partial charge in [0.2, 0.25) is 11.8 Å². The Balaban J connectivity index is 1.62. The summed E-state index contributed by atoms with van der Waals surface area (Å²) in [7, 11) is 0. The molecule has 0 radical (unpaired) electrons. The fourth-order valence-corrected chi connectivity index (χ4v) is 3.75. The number of hydrogen-bond donors (Lipinski definition) is 2. The van der Waals surface area contributed by atoms with Gasteiger partial charge in [-0.15, -0.1) is 0 Å². The highest BCUT2D eigenvalue weighted by Crippen LogP contribution is 2.51. The molecule has 2 saturated heterocycles. The Hall–Kier alpha value is -2.20. The number of unbranched alkanes of at least 4 members (excludes halogenated alkanes) is 1. The van der Waals surface area contributed by atoms with Crippen LogP contribution in [0.15, 0.2) is 18.2 Å². The molecule has 6 heteroatoms.